The Morgan fingerprint density at radius 1 is 1.31 bits per heavy atom. The lowest BCUT2D eigenvalue weighted by Crippen LogP contribution is -2.43. The maximum absolute atomic E-state index is 11.7. The monoisotopic (exact) mass is 248 g/mol. The first-order valence-corrected chi connectivity index (χ1v) is 7.78. The van der Waals surface area contributed by atoms with Gasteiger partial charge in [0.05, 0.1) is 11.0 Å². The van der Waals surface area contributed by atoms with Crippen LogP contribution in [0.4, 0.5) is 0 Å². The Labute approximate surface area is 99.3 Å². The van der Waals surface area contributed by atoms with E-state index >= 15 is 0 Å². The van der Waals surface area contributed by atoms with Gasteiger partial charge < -0.3 is 10.2 Å². The Bertz CT molecular complexity index is 293. The normalized spacial score (nSPS) is 20.5. The van der Waals surface area contributed by atoms with Gasteiger partial charge in [-0.2, -0.15) is 0 Å². The molecule has 0 amide bonds. The fraction of sp³-hybridized carbons (Fsp3) is 1.00. The van der Waals surface area contributed by atoms with Gasteiger partial charge in [-0.25, -0.2) is 8.42 Å². The van der Waals surface area contributed by atoms with Gasteiger partial charge in [-0.15, -0.1) is 0 Å². The zero-order valence-corrected chi connectivity index (χ0v) is 11.4. The number of sulfone groups is 1. The van der Waals surface area contributed by atoms with E-state index < -0.39 is 9.84 Å². The summed E-state index contributed by atoms with van der Waals surface area (Å²) in [7, 11) is -0.884. The van der Waals surface area contributed by atoms with Crippen molar-refractivity contribution >= 4 is 9.84 Å². The Morgan fingerprint density at radius 3 is 2.31 bits per heavy atom. The van der Waals surface area contributed by atoms with Crippen molar-refractivity contribution in [2.75, 3.05) is 32.4 Å². The smallest absolute Gasteiger partial charge is 0.153 e. The van der Waals surface area contributed by atoms with Crippen molar-refractivity contribution in [1.82, 2.24) is 10.2 Å². The summed E-state index contributed by atoms with van der Waals surface area (Å²) in [6, 6.07) is 0.609. The van der Waals surface area contributed by atoms with Gasteiger partial charge in [0.1, 0.15) is 0 Å². The Kier molecular flexibility index (Phi) is 5.21. The topological polar surface area (TPSA) is 49.4 Å². The first-order chi connectivity index (χ1) is 7.45. The van der Waals surface area contributed by atoms with E-state index in [1.807, 2.05) is 7.05 Å². The average molecular weight is 248 g/mol. The van der Waals surface area contributed by atoms with Gasteiger partial charge in [-0.05, 0) is 46.8 Å². The fourth-order valence-corrected chi connectivity index (χ4v) is 2.92. The molecule has 1 saturated heterocycles. The zero-order valence-electron chi connectivity index (χ0n) is 10.6. The largest absolute Gasteiger partial charge is 0.317 e. The van der Waals surface area contributed by atoms with Gasteiger partial charge in [-0.1, -0.05) is 0 Å². The summed E-state index contributed by atoms with van der Waals surface area (Å²) in [4.78, 5) is 2.26. The lowest BCUT2D eigenvalue weighted by molar-refractivity contribution is 0.211. The van der Waals surface area contributed by atoms with E-state index in [0.717, 1.165) is 25.9 Å². The molecule has 16 heavy (non-hydrogen) atoms. The summed E-state index contributed by atoms with van der Waals surface area (Å²) in [5, 5.41) is 3.02. The highest BCUT2D eigenvalue weighted by molar-refractivity contribution is 7.92. The molecule has 1 N–H and O–H groups in total. The van der Waals surface area contributed by atoms with Crippen LogP contribution in [0.5, 0.6) is 0 Å². The zero-order chi connectivity index (χ0) is 12.2. The highest BCUT2D eigenvalue weighted by Crippen LogP contribution is 2.10. The van der Waals surface area contributed by atoms with Gasteiger partial charge in [0.25, 0.3) is 0 Å². The summed E-state index contributed by atoms with van der Waals surface area (Å²) >= 11 is 0. The highest BCUT2D eigenvalue weighted by atomic mass is 32.2. The van der Waals surface area contributed by atoms with E-state index in [-0.39, 0.29) is 5.25 Å². The number of nitrogens with zero attached hydrogens (tertiary/aromatic N) is 1. The second-order valence-electron chi connectivity index (χ2n) is 4.82. The van der Waals surface area contributed by atoms with Crippen molar-refractivity contribution in [2.45, 2.75) is 38.0 Å². The number of rotatable bonds is 5. The van der Waals surface area contributed by atoms with E-state index in [1.54, 1.807) is 13.8 Å². The van der Waals surface area contributed by atoms with Crippen LogP contribution in [0.2, 0.25) is 0 Å². The van der Waals surface area contributed by atoms with Crippen LogP contribution in [-0.4, -0.2) is 57.0 Å². The molecule has 0 atom stereocenters. The molecule has 0 aromatic carbocycles. The van der Waals surface area contributed by atoms with Gasteiger partial charge in [0.2, 0.25) is 0 Å². The molecule has 0 spiro atoms. The molecule has 1 aliphatic heterocycles. The average Bonchev–Trinajstić information content (AvgIpc) is 2.27. The third kappa shape index (κ3) is 4.03. The van der Waals surface area contributed by atoms with Crippen molar-refractivity contribution in [2.24, 2.45) is 0 Å². The second-order valence-corrected chi connectivity index (χ2v) is 7.50. The van der Waals surface area contributed by atoms with Gasteiger partial charge >= 0.3 is 0 Å². The van der Waals surface area contributed by atoms with Crippen LogP contribution in [0.15, 0.2) is 0 Å². The number of piperidine rings is 1. The van der Waals surface area contributed by atoms with Gasteiger partial charge in [-0.3, -0.25) is 0 Å². The third-order valence-corrected chi connectivity index (χ3v) is 5.59. The summed E-state index contributed by atoms with van der Waals surface area (Å²) in [6.07, 6.45) is 2.25. The number of likely N-dealkylation sites (tertiary alicyclic amines) is 1. The first-order valence-electron chi connectivity index (χ1n) is 6.07. The Balaban J connectivity index is 2.30. The van der Waals surface area contributed by atoms with Crippen LogP contribution in [0.1, 0.15) is 26.7 Å². The summed E-state index contributed by atoms with van der Waals surface area (Å²) in [5.74, 6) is 0.300. The molecular formula is C11H24N2O2S. The minimum atomic E-state index is -2.87. The molecule has 4 nitrogen and oxygen atoms in total. The molecule has 0 saturated carbocycles. The van der Waals surface area contributed by atoms with E-state index in [1.165, 1.54) is 0 Å². The van der Waals surface area contributed by atoms with Crippen LogP contribution in [0.3, 0.4) is 0 Å². The van der Waals surface area contributed by atoms with Gasteiger partial charge in [0.15, 0.2) is 9.84 Å². The quantitative estimate of drug-likeness (QED) is 0.769. The molecule has 96 valence electrons. The van der Waals surface area contributed by atoms with Crippen molar-refractivity contribution in [1.29, 1.82) is 0 Å². The van der Waals surface area contributed by atoms with Crippen molar-refractivity contribution in [3.8, 4) is 0 Å². The Morgan fingerprint density at radius 2 is 1.88 bits per heavy atom. The van der Waals surface area contributed by atoms with Crippen LogP contribution in [0.25, 0.3) is 0 Å². The number of nitrogens with one attached hydrogen (secondary N) is 1. The first kappa shape index (κ1) is 13.9. The van der Waals surface area contributed by atoms with Crippen molar-refractivity contribution in [3.05, 3.63) is 0 Å². The van der Waals surface area contributed by atoms with Crippen LogP contribution < -0.4 is 5.32 Å². The third-order valence-electron chi connectivity index (χ3n) is 3.41. The Hall–Kier alpha value is -0.130. The molecule has 1 fully saturated rings. The summed E-state index contributed by atoms with van der Waals surface area (Å²) in [5.41, 5.74) is 0. The van der Waals surface area contributed by atoms with E-state index in [9.17, 15) is 8.42 Å². The molecule has 1 rings (SSSR count). The molecule has 0 bridgehead atoms. The number of hydrogen-bond acceptors (Lipinski definition) is 4. The van der Waals surface area contributed by atoms with Gasteiger partial charge in [0, 0.05) is 12.6 Å². The van der Waals surface area contributed by atoms with E-state index in [4.69, 9.17) is 0 Å². The standard InChI is InChI=1S/C11H24N2O2S/c1-10(2)16(14,15)9-8-13-6-4-11(12-3)5-7-13/h10-12H,4-9H2,1-3H3. The molecular weight excluding hydrogens is 224 g/mol. The van der Waals surface area contributed by atoms with Crippen LogP contribution >= 0.6 is 0 Å². The molecule has 1 aliphatic rings. The van der Waals surface area contributed by atoms with Crippen LogP contribution in [-0.2, 0) is 9.84 Å². The SMILES string of the molecule is CNC1CCN(CCS(=O)(=O)C(C)C)CC1. The maximum Gasteiger partial charge on any atom is 0.153 e. The maximum atomic E-state index is 11.7. The molecule has 0 aliphatic carbocycles. The molecule has 0 radical (unpaired) electrons. The van der Waals surface area contributed by atoms with Crippen molar-refractivity contribution < 1.29 is 8.42 Å². The van der Waals surface area contributed by atoms with Crippen molar-refractivity contribution in [3.63, 3.8) is 0 Å². The minimum absolute atomic E-state index is 0.248. The lowest BCUT2D eigenvalue weighted by Gasteiger charge is -2.31. The second kappa shape index (κ2) is 5.98. The molecule has 1 heterocycles. The summed E-state index contributed by atoms with van der Waals surface area (Å²) in [6.45, 7) is 6.22. The predicted molar refractivity (Wildman–Crippen MR) is 67.4 cm³/mol. The minimum Gasteiger partial charge on any atom is -0.317 e. The van der Waals surface area contributed by atoms with Crippen LogP contribution in [0, 0.1) is 0 Å². The molecule has 5 heteroatoms. The molecule has 0 aromatic heterocycles. The number of hydrogen-bond donors (Lipinski definition) is 1. The lowest BCUT2D eigenvalue weighted by atomic mass is 10.1. The van der Waals surface area contributed by atoms with E-state index in [0.29, 0.717) is 18.3 Å². The van der Waals surface area contributed by atoms with E-state index in [2.05, 4.69) is 10.2 Å². The fourth-order valence-electron chi connectivity index (χ4n) is 1.94. The summed E-state index contributed by atoms with van der Waals surface area (Å²) < 4.78 is 23.3. The predicted octanol–water partition coefficient (Wildman–Crippen LogP) is 0.493. The molecule has 0 unspecified atom stereocenters. The molecule has 0 aromatic rings. The highest BCUT2D eigenvalue weighted by Gasteiger charge is 2.21.